The molecule has 6 aromatic carbocycles. The Morgan fingerprint density at radius 2 is 0.922 bits per heavy atom. The molecule has 0 N–H and O–H groups in total. The highest BCUT2D eigenvalue weighted by Gasteiger charge is 2.24. The fourth-order valence-electron chi connectivity index (χ4n) is 7.66. The Balaban J connectivity index is 1.54. The molecule has 0 saturated carbocycles. The van der Waals surface area contributed by atoms with E-state index in [-0.39, 0.29) is 10.8 Å². The fraction of sp³-hybridized carbons (Fsp3) is 0.191. The first kappa shape index (κ1) is 32.1. The Labute approximate surface area is 299 Å². The molecule has 0 aliphatic rings. The van der Waals surface area contributed by atoms with E-state index in [1.165, 1.54) is 11.1 Å². The minimum atomic E-state index is -0.0185. The molecule has 0 radical (unpaired) electrons. The van der Waals surface area contributed by atoms with Crippen molar-refractivity contribution in [2.45, 2.75) is 59.3 Å². The Kier molecular flexibility index (Phi) is 7.23. The Morgan fingerprint density at radius 1 is 0.471 bits per heavy atom. The highest BCUT2D eigenvalue weighted by atomic mass is 15.0. The normalized spacial score (nSPS) is 12.2. The largest absolute Gasteiger partial charge is 0.308 e. The van der Waals surface area contributed by atoms with Gasteiger partial charge in [0.05, 0.1) is 45.1 Å². The number of hydrogen-bond donors (Lipinski definition) is 0. The van der Waals surface area contributed by atoms with Gasteiger partial charge in [-0.1, -0.05) is 96.1 Å². The Hall–Kier alpha value is -6.10. The zero-order valence-electron chi connectivity index (χ0n) is 30.3. The third-order valence-electron chi connectivity index (χ3n) is 10.3. The maximum Gasteiger partial charge on any atom is 0.104 e. The van der Waals surface area contributed by atoms with E-state index < -0.39 is 0 Å². The maximum absolute atomic E-state index is 11.3. The van der Waals surface area contributed by atoms with Gasteiger partial charge in [-0.2, -0.15) is 10.5 Å². The van der Waals surface area contributed by atoms with Crippen LogP contribution in [0.5, 0.6) is 0 Å². The lowest BCUT2D eigenvalue weighted by Crippen LogP contribution is -2.10. The summed E-state index contributed by atoms with van der Waals surface area (Å²) in [5, 5.41) is 25.8. The van der Waals surface area contributed by atoms with Gasteiger partial charge in [-0.25, -0.2) is 0 Å². The molecule has 2 heterocycles. The number of para-hydroxylation sites is 2. The lowest BCUT2D eigenvalue weighted by Gasteiger charge is -2.21. The number of rotatable bonds is 3. The van der Waals surface area contributed by atoms with Crippen molar-refractivity contribution in [3.63, 3.8) is 0 Å². The van der Waals surface area contributed by atoms with Gasteiger partial charge in [-0.05, 0) is 106 Å². The smallest absolute Gasteiger partial charge is 0.104 e. The molecular formula is C47H40N4. The molecule has 0 unspecified atom stereocenters. The first-order valence-corrected chi connectivity index (χ1v) is 17.6. The summed E-state index contributed by atoms with van der Waals surface area (Å²) in [5.41, 5.74) is 12.3. The van der Waals surface area contributed by atoms with Crippen LogP contribution in [0, 0.1) is 29.6 Å². The molecular weight excluding hydrogens is 621 g/mol. The molecule has 0 aliphatic carbocycles. The number of nitriles is 2. The van der Waals surface area contributed by atoms with Crippen LogP contribution in [0.1, 0.15) is 69.4 Å². The van der Waals surface area contributed by atoms with Gasteiger partial charge in [0.15, 0.2) is 0 Å². The molecule has 8 aromatic rings. The van der Waals surface area contributed by atoms with Crippen LogP contribution < -0.4 is 0 Å². The molecule has 0 amide bonds. The molecule has 0 aliphatic heterocycles. The number of aryl methyl sites for hydroxylation is 1. The zero-order valence-corrected chi connectivity index (χ0v) is 30.3. The summed E-state index contributed by atoms with van der Waals surface area (Å²) in [4.78, 5) is 0. The average Bonchev–Trinajstić information content (AvgIpc) is 3.62. The van der Waals surface area contributed by atoms with E-state index in [1.54, 1.807) is 0 Å². The van der Waals surface area contributed by atoms with Crippen LogP contribution in [0.15, 0.2) is 115 Å². The highest BCUT2D eigenvalue weighted by Crippen LogP contribution is 2.42. The van der Waals surface area contributed by atoms with Gasteiger partial charge < -0.3 is 9.13 Å². The molecule has 0 saturated heterocycles. The minimum absolute atomic E-state index is 0.0185. The van der Waals surface area contributed by atoms with Crippen molar-refractivity contribution in [3.05, 3.63) is 143 Å². The van der Waals surface area contributed by atoms with Gasteiger partial charge in [0.25, 0.3) is 0 Å². The van der Waals surface area contributed by atoms with Gasteiger partial charge in [0.1, 0.15) is 11.6 Å². The SMILES string of the molecule is Cc1cc(C#N)cc(-c2cc(-n3c4ccccc4c4cc(C(C)(C)C)ccc43)c(C#N)c(-n3c4ccccc4c4cc(C(C)(C)C)ccc43)c2)c1. The quantitative estimate of drug-likeness (QED) is 0.189. The maximum atomic E-state index is 11.3. The highest BCUT2D eigenvalue weighted by molar-refractivity contribution is 6.11. The Bertz CT molecular complexity index is 2640. The van der Waals surface area contributed by atoms with Crippen molar-refractivity contribution in [1.82, 2.24) is 9.13 Å². The van der Waals surface area contributed by atoms with Crippen LogP contribution in [-0.4, -0.2) is 9.13 Å². The third kappa shape index (κ3) is 5.19. The molecule has 0 fully saturated rings. The molecule has 51 heavy (non-hydrogen) atoms. The van der Waals surface area contributed by atoms with Crippen LogP contribution in [0.25, 0.3) is 66.1 Å². The predicted octanol–water partition coefficient (Wildman–Crippen LogP) is 12.2. The second-order valence-electron chi connectivity index (χ2n) is 15.9. The van der Waals surface area contributed by atoms with E-state index in [1.807, 2.05) is 19.1 Å². The van der Waals surface area contributed by atoms with Crippen molar-refractivity contribution in [1.29, 1.82) is 10.5 Å². The van der Waals surface area contributed by atoms with Gasteiger partial charge in [-0.15, -0.1) is 0 Å². The second kappa shape index (κ2) is 11.5. The monoisotopic (exact) mass is 660 g/mol. The number of fused-ring (bicyclic) bond motifs is 6. The van der Waals surface area contributed by atoms with Gasteiger partial charge in [-0.3, -0.25) is 0 Å². The van der Waals surface area contributed by atoms with E-state index in [2.05, 4.69) is 166 Å². The van der Waals surface area contributed by atoms with Crippen molar-refractivity contribution in [2.24, 2.45) is 0 Å². The molecule has 0 atom stereocenters. The lowest BCUT2D eigenvalue weighted by molar-refractivity contribution is 0.591. The van der Waals surface area contributed by atoms with E-state index in [4.69, 9.17) is 0 Å². The number of hydrogen-bond acceptors (Lipinski definition) is 2. The summed E-state index contributed by atoms with van der Waals surface area (Å²) < 4.78 is 4.52. The topological polar surface area (TPSA) is 57.4 Å². The summed E-state index contributed by atoms with van der Waals surface area (Å²) in [7, 11) is 0. The van der Waals surface area contributed by atoms with Crippen LogP contribution >= 0.6 is 0 Å². The summed E-state index contributed by atoms with van der Waals surface area (Å²) in [6.07, 6.45) is 0. The standard InChI is InChI=1S/C47H40N4/c1-29-20-30(27-48)22-31(21-29)32-23-44(50-40-14-10-8-12-35(40)37-25-33(46(2,3)4)16-18-42(37)50)39(28-49)45(24-32)51-41-15-11-9-13-36(41)38-26-34(47(5,6)7)17-19-43(38)51/h8-26H,1-7H3. The number of benzene rings is 6. The third-order valence-corrected chi connectivity index (χ3v) is 10.3. The van der Waals surface area contributed by atoms with E-state index >= 15 is 0 Å². The fourth-order valence-corrected chi connectivity index (χ4v) is 7.66. The predicted molar refractivity (Wildman–Crippen MR) is 212 cm³/mol. The zero-order chi connectivity index (χ0) is 35.8. The van der Waals surface area contributed by atoms with Gasteiger partial charge >= 0.3 is 0 Å². The molecule has 248 valence electrons. The summed E-state index contributed by atoms with van der Waals surface area (Å²) in [5.74, 6) is 0. The van der Waals surface area contributed by atoms with Crippen LogP contribution in [0.3, 0.4) is 0 Å². The minimum Gasteiger partial charge on any atom is -0.308 e. The van der Waals surface area contributed by atoms with Crippen LogP contribution in [0.4, 0.5) is 0 Å². The average molecular weight is 661 g/mol. The molecule has 0 bridgehead atoms. The number of nitrogens with zero attached hydrogens (tertiary/aromatic N) is 4. The molecule has 8 rings (SSSR count). The summed E-state index contributed by atoms with van der Waals surface area (Å²) in [6.45, 7) is 15.5. The lowest BCUT2D eigenvalue weighted by atomic mass is 9.86. The van der Waals surface area contributed by atoms with Crippen molar-refractivity contribution < 1.29 is 0 Å². The van der Waals surface area contributed by atoms with E-state index in [9.17, 15) is 10.5 Å². The molecule has 4 heteroatoms. The summed E-state index contributed by atoms with van der Waals surface area (Å²) in [6, 6.07) is 45.7. The van der Waals surface area contributed by atoms with Crippen molar-refractivity contribution in [2.75, 3.05) is 0 Å². The summed E-state index contributed by atoms with van der Waals surface area (Å²) >= 11 is 0. The van der Waals surface area contributed by atoms with Crippen LogP contribution in [0.2, 0.25) is 0 Å². The van der Waals surface area contributed by atoms with Crippen molar-refractivity contribution >= 4 is 43.6 Å². The van der Waals surface area contributed by atoms with Crippen LogP contribution in [-0.2, 0) is 10.8 Å². The van der Waals surface area contributed by atoms with Gasteiger partial charge in [0.2, 0.25) is 0 Å². The van der Waals surface area contributed by atoms with E-state index in [0.29, 0.717) is 11.1 Å². The first-order valence-electron chi connectivity index (χ1n) is 17.6. The van der Waals surface area contributed by atoms with Gasteiger partial charge in [0, 0.05) is 21.5 Å². The Morgan fingerprint density at radius 3 is 1.37 bits per heavy atom. The first-order chi connectivity index (χ1) is 24.4. The molecule has 2 aromatic heterocycles. The molecule has 4 nitrogen and oxygen atoms in total. The second-order valence-corrected chi connectivity index (χ2v) is 15.9. The number of aromatic nitrogens is 2. The molecule has 0 spiro atoms. The van der Waals surface area contributed by atoms with Crippen molar-refractivity contribution in [3.8, 4) is 34.6 Å². The van der Waals surface area contributed by atoms with E-state index in [0.717, 1.165) is 71.7 Å².